The van der Waals surface area contributed by atoms with E-state index in [2.05, 4.69) is 0 Å². The van der Waals surface area contributed by atoms with E-state index in [9.17, 15) is 15.0 Å². The molecule has 0 atom stereocenters. The molecule has 2 aromatic rings. The van der Waals surface area contributed by atoms with Crippen LogP contribution in [0.25, 0.3) is 0 Å². The number of thioether (sulfide) groups is 2. The first kappa shape index (κ1) is 16.6. The summed E-state index contributed by atoms with van der Waals surface area (Å²) in [6.45, 7) is 0.277. The van der Waals surface area contributed by atoms with Crippen LogP contribution >= 0.6 is 23.5 Å². The predicted octanol–water partition coefficient (Wildman–Crippen LogP) is 3.53. The van der Waals surface area contributed by atoms with Crippen LogP contribution in [0.5, 0.6) is 11.5 Å². The quantitative estimate of drug-likeness (QED) is 0.458. The normalized spacial score (nSPS) is 10.4. The Kier molecular flexibility index (Phi) is 6.48. The zero-order valence-corrected chi connectivity index (χ0v) is 13.4. The lowest BCUT2D eigenvalue weighted by molar-refractivity contribution is -0.139. The zero-order valence-electron chi connectivity index (χ0n) is 11.8. The van der Waals surface area contributed by atoms with E-state index in [0.29, 0.717) is 10.6 Å². The van der Waals surface area contributed by atoms with Crippen LogP contribution in [0.4, 0.5) is 0 Å². The molecule has 0 unspecified atom stereocenters. The Hall–Kier alpha value is -1.79. The van der Waals surface area contributed by atoms with E-state index in [1.807, 2.05) is 12.1 Å². The minimum absolute atomic E-state index is 0.152. The van der Waals surface area contributed by atoms with Crippen molar-refractivity contribution in [2.24, 2.45) is 0 Å². The van der Waals surface area contributed by atoms with Gasteiger partial charge in [-0.25, -0.2) is 0 Å². The lowest BCUT2D eigenvalue weighted by Crippen LogP contribution is -2.09. The standard InChI is InChI=1S/C16H16O4S2/c17-12-5-1-3-7-14(12)21-10-9-20-16(19)11-22-15-8-4-2-6-13(15)18/h1-8,17-18H,9-11H2. The Bertz CT molecular complexity index is 631. The third kappa shape index (κ3) is 5.20. The van der Waals surface area contributed by atoms with Crippen LogP contribution in [0.3, 0.4) is 0 Å². The summed E-state index contributed by atoms with van der Waals surface area (Å²) in [6.07, 6.45) is 0. The van der Waals surface area contributed by atoms with Crippen LogP contribution in [0.15, 0.2) is 58.3 Å². The largest absolute Gasteiger partial charge is 0.507 e. The molecule has 0 saturated carbocycles. The third-order valence-electron chi connectivity index (χ3n) is 2.68. The molecule has 0 aromatic heterocycles. The van der Waals surface area contributed by atoms with E-state index < -0.39 is 0 Å². The highest BCUT2D eigenvalue weighted by atomic mass is 32.2. The minimum Gasteiger partial charge on any atom is -0.507 e. The Morgan fingerprint density at radius 2 is 1.45 bits per heavy atom. The average molecular weight is 336 g/mol. The molecule has 0 aliphatic carbocycles. The molecule has 2 aromatic carbocycles. The lowest BCUT2D eigenvalue weighted by atomic mass is 10.3. The molecular formula is C16H16O4S2. The maximum atomic E-state index is 11.6. The molecule has 0 heterocycles. The molecule has 0 fully saturated rings. The van der Waals surface area contributed by atoms with E-state index in [1.165, 1.54) is 23.5 Å². The van der Waals surface area contributed by atoms with Gasteiger partial charge in [0, 0.05) is 15.5 Å². The van der Waals surface area contributed by atoms with Crippen molar-refractivity contribution in [3.8, 4) is 11.5 Å². The summed E-state index contributed by atoms with van der Waals surface area (Å²) in [5.74, 6) is 0.791. The van der Waals surface area contributed by atoms with Gasteiger partial charge in [-0.2, -0.15) is 0 Å². The van der Waals surface area contributed by atoms with Crippen molar-refractivity contribution < 1.29 is 19.7 Å². The summed E-state index contributed by atoms with van der Waals surface area (Å²) < 4.78 is 5.12. The fraction of sp³-hybridized carbons (Fsp3) is 0.188. The average Bonchev–Trinajstić information content (AvgIpc) is 2.52. The molecular weight excluding hydrogens is 320 g/mol. The first-order valence-corrected chi connectivity index (χ1v) is 8.61. The van der Waals surface area contributed by atoms with Crippen LogP contribution in [0, 0.1) is 0 Å². The smallest absolute Gasteiger partial charge is 0.316 e. The molecule has 6 heteroatoms. The number of rotatable bonds is 7. The van der Waals surface area contributed by atoms with Gasteiger partial charge in [0.15, 0.2) is 0 Å². The van der Waals surface area contributed by atoms with E-state index >= 15 is 0 Å². The van der Waals surface area contributed by atoms with Gasteiger partial charge in [0.1, 0.15) is 18.1 Å². The van der Waals surface area contributed by atoms with Gasteiger partial charge in [-0.05, 0) is 24.3 Å². The molecule has 0 amide bonds. The SMILES string of the molecule is O=C(CSc1ccccc1O)OCCSc1ccccc1O. The van der Waals surface area contributed by atoms with Crippen LogP contribution in [0.1, 0.15) is 0 Å². The summed E-state index contributed by atoms with van der Waals surface area (Å²) in [5, 5.41) is 19.2. The highest BCUT2D eigenvalue weighted by Crippen LogP contribution is 2.28. The number of phenolic OH excluding ortho intramolecular Hbond substituents is 2. The van der Waals surface area contributed by atoms with Gasteiger partial charge < -0.3 is 14.9 Å². The van der Waals surface area contributed by atoms with Crippen LogP contribution in [-0.4, -0.2) is 34.3 Å². The number of aromatic hydroxyl groups is 2. The first-order valence-electron chi connectivity index (χ1n) is 6.64. The topological polar surface area (TPSA) is 66.8 Å². The van der Waals surface area contributed by atoms with Gasteiger partial charge in [-0.1, -0.05) is 24.3 Å². The summed E-state index contributed by atoms with van der Waals surface area (Å²) in [5.41, 5.74) is 0. The maximum absolute atomic E-state index is 11.6. The Morgan fingerprint density at radius 1 is 0.909 bits per heavy atom. The van der Waals surface area contributed by atoms with Crippen molar-refractivity contribution in [1.29, 1.82) is 0 Å². The molecule has 0 bridgehead atoms. The van der Waals surface area contributed by atoms with E-state index in [1.54, 1.807) is 36.4 Å². The molecule has 0 saturated heterocycles. The molecule has 116 valence electrons. The monoisotopic (exact) mass is 336 g/mol. The molecule has 22 heavy (non-hydrogen) atoms. The summed E-state index contributed by atoms with van der Waals surface area (Å²) in [7, 11) is 0. The van der Waals surface area contributed by atoms with Crippen LogP contribution in [0.2, 0.25) is 0 Å². The van der Waals surface area contributed by atoms with Crippen molar-refractivity contribution in [3.05, 3.63) is 48.5 Å². The fourth-order valence-corrected chi connectivity index (χ4v) is 3.17. The fourth-order valence-electron chi connectivity index (χ4n) is 1.64. The number of ether oxygens (including phenoxy) is 1. The van der Waals surface area contributed by atoms with Crippen molar-refractivity contribution in [3.63, 3.8) is 0 Å². The Morgan fingerprint density at radius 3 is 2.05 bits per heavy atom. The molecule has 4 nitrogen and oxygen atoms in total. The number of esters is 1. The molecule has 0 aliphatic heterocycles. The van der Waals surface area contributed by atoms with Crippen LogP contribution < -0.4 is 0 Å². The second-order valence-corrected chi connectivity index (χ2v) is 6.45. The highest BCUT2D eigenvalue weighted by Gasteiger charge is 2.07. The van der Waals surface area contributed by atoms with Gasteiger partial charge in [-0.15, -0.1) is 23.5 Å². The van der Waals surface area contributed by atoms with Crippen molar-refractivity contribution >= 4 is 29.5 Å². The van der Waals surface area contributed by atoms with E-state index in [4.69, 9.17) is 4.74 Å². The van der Waals surface area contributed by atoms with Gasteiger partial charge in [0.2, 0.25) is 0 Å². The molecule has 0 radical (unpaired) electrons. The molecule has 2 N–H and O–H groups in total. The van der Waals surface area contributed by atoms with E-state index in [-0.39, 0.29) is 29.8 Å². The van der Waals surface area contributed by atoms with Crippen molar-refractivity contribution in [2.75, 3.05) is 18.1 Å². The number of phenols is 2. The number of carbonyl (C=O) groups is 1. The number of para-hydroxylation sites is 2. The zero-order chi connectivity index (χ0) is 15.8. The second-order valence-electron chi connectivity index (χ2n) is 4.29. The third-order valence-corrected chi connectivity index (χ3v) is 4.74. The number of hydrogen-bond donors (Lipinski definition) is 2. The lowest BCUT2D eigenvalue weighted by Gasteiger charge is -2.06. The van der Waals surface area contributed by atoms with Gasteiger partial charge in [0.25, 0.3) is 0 Å². The summed E-state index contributed by atoms with van der Waals surface area (Å²) in [6, 6.07) is 13.9. The van der Waals surface area contributed by atoms with Gasteiger partial charge in [-0.3, -0.25) is 4.79 Å². The maximum Gasteiger partial charge on any atom is 0.316 e. The Labute approximate surface area is 137 Å². The number of benzene rings is 2. The molecule has 0 aliphatic rings. The van der Waals surface area contributed by atoms with Gasteiger partial charge >= 0.3 is 5.97 Å². The predicted molar refractivity (Wildman–Crippen MR) is 88.6 cm³/mol. The van der Waals surface area contributed by atoms with Crippen molar-refractivity contribution in [1.82, 2.24) is 0 Å². The molecule has 0 spiro atoms. The van der Waals surface area contributed by atoms with Crippen LogP contribution in [-0.2, 0) is 9.53 Å². The molecule has 2 rings (SSSR count). The van der Waals surface area contributed by atoms with Crippen molar-refractivity contribution in [2.45, 2.75) is 9.79 Å². The number of carbonyl (C=O) groups excluding carboxylic acids is 1. The van der Waals surface area contributed by atoms with Gasteiger partial charge in [0.05, 0.1) is 5.75 Å². The number of hydrogen-bond acceptors (Lipinski definition) is 6. The Balaban J connectivity index is 1.66. The highest BCUT2D eigenvalue weighted by molar-refractivity contribution is 8.00. The first-order chi connectivity index (χ1) is 10.7. The summed E-state index contributed by atoms with van der Waals surface area (Å²) in [4.78, 5) is 13.0. The second kappa shape index (κ2) is 8.60. The summed E-state index contributed by atoms with van der Waals surface area (Å²) >= 11 is 2.67. The van der Waals surface area contributed by atoms with E-state index in [0.717, 1.165) is 4.90 Å². The minimum atomic E-state index is -0.328.